The van der Waals surface area contributed by atoms with Gasteiger partial charge in [-0.05, 0) is 45.5 Å². The van der Waals surface area contributed by atoms with Crippen LogP contribution in [0.15, 0.2) is 18.2 Å². The summed E-state index contributed by atoms with van der Waals surface area (Å²) in [4.78, 5) is 0. The van der Waals surface area contributed by atoms with Crippen molar-refractivity contribution >= 4 is 0 Å². The highest BCUT2D eigenvalue weighted by Crippen LogP contribution is 2.33. The fourth-order valence-electron chi connectivity index (χ4n) is 2.67. The molecule has 3 nitrogen and oxygen atoms in total. The van der Waals surface area contributed by atoms with Crippen LogP contribution in [0.25, 0.3) is 0 Å². The average molecular weight is 264 g/mol. The average Bonchev–Trinajstić information content (AvgIpc) is 2.38. The molecule has 2 unspecified atom stereocenters. The summed E-state index contributed by atoms with van der Waals surface area (Å²) >= 11 is 0. The third-order valence-corrected chi connectivity index (χ3v) is 3.76. The predicted molar refractivity (Wildman–Crippen MR) is 81.8 cm³/mol. The van der Waals surface area contributed by atoms with E-state index in [0.29, 0.717) is 17.9 Å². The molecule has 0 saturated carbocycles. The van der Waals surface area contributed by atoms with Gasteiger partial charge < -0.3 is 15.4 Å². The summed E-state index contributed by atoms with van der Waals surface area (Å²) in [5, 5.41) is 6.77. The predicted octanol–water partition coefficient (Wildman–Crippen LogP) is 2.76. The standard InChI is InChI=1S/C16H28N2O/c1-11(2)14(10-17-4)16(18-5)13-9-12(3)7-8-15(13)19-6/h7-9,11,14,16-18H,10H2,1-6H3. The smallest absolute Gasteiger partial charge is 0.123 e. The van der Waals surface area contributed by atoms with E-state index in [9.17, 15) is 0 Å². The normalized spacial score (nSPS) is 14.5. The van der Waals surface area contributed by atoms with Gasteiger partial charge in [0, 0.05) is 11.6 Å². The van der Waals surface area contributed by atoms with E-state index in [4.69, 9.17) is 4.74 Å². The monoisotopic (exact) mass is 264 g/mol. The number of rotatable bonds is 7. The largest absolute Gasteiger partial charge is 0.496 e. The van der Waals surface area contributed by atoms with Crippen LogP contribution in [0.3, 0.4) is 0 Å². The van der Waals surface area contributed by atoms with Crippen LogP contribution in [0.4, 0.5) is 0 Å². The second kappa shape index (κ2) is 7.51. The summed E-state index contributed by atoms with van der Waals surface area (Å²) in [6.07, 6.45) is 0. The zero-order valence-corrected chi connectivity index (χ0v) is 13.1. The van der Waals surface area contributed by atoms with Crippen molar-refractivity contribution in [1.29, 1.82) is 0 Å². The second-order valence-corrected chi connectivity index (χ2v) is 5.48. The van der Waals surface area contributed by atoms with Gasteiger partial charge in [-0.25, -0.2) is 0 Å². The lowest BCUT2D eigenvalue weighted by Gasteiger charge is -2.31. The third kappa shape index (κ3) is 3.95. The second-order valence-electron chi connectivity index (χ2n) is 5.48. The first-order chi connectivity index (χ1) is 9.04. The van der Waals surface area contributed by atoms with E-state index in [1.165, 1.54) is 11.1 Å². The SMILES string of the molecule is CNCC(C(C)C)C(NC)c1cc(C)ccc1OC. The Morgan fingerprint density at radius 1 is 1.21 bits per heavy atom. The van der Waals surface area contributed by atoms with E-state index in [0.717, 1.165) is 12.3 Å². The maximum Gasteiger partial charge on any atom is 0.123 e. The van der Waals surface area contributed by atoms with Crippen molar-refractivity contribution < 1.29 is 4.74 Å². The molecule has 0 fully saturated rings. The van der Waals surface area contributed by atoms with Gasteiger partial charge in [0.25, 0.3) is 0 Å². The molecule has 0 saturated heterocycles. The summed E-state index contributed by atoms with van der Waals surface area (Å²) in [6.45, 7) is 7.65. The van der Waals surface area contributed by atoms with Gasteiger partial charge in [0.05, 0.1) is 7.11 Å². The lowest BCUT2D eigenvalue weighted by molar-refractivity contribution is 0.277. The van der Waals surface area contributed by atoms with Crippen LogP contribution in [0.5, 0.6) is 5.75 Å². The molecule has 108 valence electrons. The minimum atomic E-state index is 0.294. The molecule has 2 N–H and O–H groups in total. The summed E-state index contributed by atoms with van der Waals surface area (Å²) < 4.78 is 5.53. The highest BCUT2D eigenvalue weighted by atomic mass is 16.5. The quantitative estimate of drug-likeness (QED) is 0.794. The first kappa shape index (κ1) is 16.0. The molecule has 1 aromatic carbocycles. The highest BCUT2D eigenvalue weighted by molar-refractivity contribution is 5.39. The van der Waals surface area contributed by atoms with Gasteiger partial charge in [-0.15, -0.1) is 0 Å². The summed E-state index contributed by atoms with van der Waals surface area (Å²) in [7, 11) is 5.77. The highest BCUT2D eigenvalue weighted by Gasteiger charge is 2.26. The fourth-order valence-corrected chi connectivity index (χ4v) is 2.67. The van der Waals surface area contributed by atoms with Crippen LogP contribution < -0.4 is 15.4 Å². The van der Waals surface area contributed by atoms with Crippen LogP contribution in [0.1, 0.15) is 31.0 Å². The Labute approximate surface area is 117 Å². The molecule has 19 heavy (non-hydrogen) atoms. The van der Waals surface area contributed by atoms with Gasteiger partial charge in [0.2, 0.25) is 0 Å². The Morgan fingerprint density at radius 2 is 1.89 bits per heavy atom. The lowest BCUT2D eigenvalue weighted by Crippen LogP contribution is -2.35. The first-order valence-corrected chi connectivity index (χ1v) is 7.01. The van der Waals surface area contributed by atoms with Gasteiger partial charge in [0.15, 0.2) is 0 Å². The molecule has 0 aromatic heterocycles. The Hall–Kier alpha value is -1.06. The van der Waals surface area contributed by atoms with Crippen LogP contribution in [0.2, 0.25) is 0 Å². The van der Waals surface area contributed by atoms with Crippen molar-refractivity contribution in [2.45, 2.75) is 26.8 Å². The lowest BCUT2D eigenvalue weighted by atomic mass is 9.83. The van der Waals surface area contributed by atoms with Crippen molar-refractivity contribution in [1.82, 2.24) is 10.6 Å². The third-order valence-electron chi connectivity index (χ3n) is 3.76. The van der Waals surface area contributed by atoms with Gasteiger partial charge in [-0.1, -0.05) is 31.5 Å². The van der Waals surface area contributed by atoms with E-state index >= 15 is 0 Å². The van der Waals surface area contributed by atoms with Crippen LogP contribution in [-0.2, 0) is 0 Å². The van der Waals surface area contributed by atoms with Crippen molar-refractivity contribution in [3.8, 4) is 5.75 Å². The van der Waals surface area contributed by atoms with Crippen LogP contribution in [0, 0.1) is 18.8 Å². The molecule has 0 bridgehead atoms. The van der Waals surface area contributed by atoms with Crippen molar-refractivity contribution in [3.63, 3.8) is 0 Å². The molecule has 2 atom stereocenters. The minimum absolute atomic E-state index is 0.294. The number of hydrogen-bond donors (Lipinski definition) is 2. The number of aryl methyl sites for hydroxylation is 1. The van der Waals surface area contributed by atoms with Crippen LogP contribution >= 0.6 is 0 Å². The Kier molecular flexibility index (Phi) is 6.32. The Bertz CT molecular complexity index is 390. The molecule has 1 aromatic rings. The van der Waals surface area contributed by atoms with E-state index in [2.05, 4.69) is 49.6 Å². The van der Waals surface area contributed by atoms with Crippen LogP contribution in [-0.4, -0.2) is 27.7 Å². The molecule has 0 amide bonds. The first-order valence-electron chi connectivity index (χ1n) is 7.01. The number of hydrogen-bond acceptors (Lipinski definition) is 3. The minimum Gasteiger partial charge on any atom is -0.496 e. The number of benzene rings is 1. The number of ether oxygens (including phenoxy) is 1. The van der Waals surface area contributed by atoms with Crippen molar-refractivity contribution in [3.05, 3.63) is 29.3 Å². The maximum atomic E-state index is 5.53. The Balaban J connectivity index is 3.16. The van der Waals surface area contributed by atoms with Gasteiger partial charge in [-0.2, -0.15) is 0 Å². The summed E-state index contributed by atoms with van der Waals surface area (Å²) in [6, 6.07) is 6.68. The van der Waals surface area contributed by atoms with E-state index in [1.807, 2.05) is 14.1 Å². The molecule has 0 aliphatic carbocycles. The van der Waals surface area contributed by atoms with Gasteiger partial charge >= 0.3 is 0 Å². The molecule has 0 spiro atoms. The molecule has 1 rings (SSSR count). The van der Waals surface area contributed by atoms with Gasteiger partial charge in [-0.3, -0.25) is 0 Å². The number of nitrogens with one attached hydrogen (secondary N) is 2. The summed E-state index contributed by atoms with van der Waals surface area (Å²) in [5.74, 6) is 2.08. The molecular formula is C16H28N2O. The van der Waals surface area contributed by atoms with Gasteiger partial charge in [0.1, 0.15) is 5.75 Å². The zero-order chi connectivity index (χ0) is 14.4. The van der Waals surface area contributed by atoms with E-state index < -0.39 is 0 Å². The van der Waals surface area contributed by atoms with E-state index in [-0.39, 0.29) is 0 Å². The molecular weight excluding hydrogens is 236 g/mol. The zero-order valence-electron chi connectivity index (χ0n) is 13.1. The Morgan fingerprint density at radius 3 is 2.37 bits per heavy atom. The topological polar surface area (TPSA) is 33.3 Å². The molecule has 0 heterocycles. The van der Waals surface area contributed by atoms with E-state index in [1.54, 1.807) is 7.11 Å². The molecule has 0 aliphatic heterocycles. The van der Waals surface area contributed by atoms with Crippen molar-refractivity contribution in [2.24, 2.45) is 11.8 Å². The number of methoxy groups -OCH3 is 1. The molecule has 0 aliphatic rings. The molecule has 3 heteroatoms. The molecule has 0 radical (unpaired) electrons. The van der Waals surface area contributed by atoms with Crippen molar-refractivity contribution in [2.75, 3.05) is 27.7 Å². The maximum absolute atomic E-state index is 5.53. The fraction of sp³-hybridized carbons (Fsp3) is 0.625. The summed E-state index contributed by atoms with van der Waals surface area (Å²) in [5.41, 5.74) is 2.52.